The van der Waals surface area contributed by atoms with E-state index < -0.39 is 0 Å². The van der Waals surface area contributed by atoms with Crippen LogP contribution in [0.4, 0.5) is 0 Å². The zero-order valence-electron chi connectivity index (χ0n) is 14.6. The highest BCUT2D eigenvalue weighted by atomic mass is 32.2. The average Bonchev–Trinajstić information content (AvgIpc) is 2.60. The van der Waals surface area contributed by atoms with Gasteiger partial charge in [0.2, 0.25) is 0 Å². The molecule has 0 aromatic heterocycles. The van der Waals surface area contributed by atoms with Crippen molar-refractivity contribution in [2.75, 3.05) is 69.0 Å². The van der Waals surface area contributed by atoms with Gasteiger partial charge in [0.15, 0.2) is 0 Å². The van der Waals surface area contributed by atoms with E-state index in [1.165, 1.54) is 71.0 Å². The van der Waals surface area contributed by atoms with E-state index in [0.29, 0.717) is 0 Å². The maximum absolute atomic E-state index is 4.31. The molecular weight excluding hydrogens is 449 g/mol. The second-order valence-corrected chi connectivity index (χ2v) is 12.6. The molecule has 8 heteroatoms. The molecule has 146 valence electrons. The Balaban J connectivity index is 3.70. The molecule has 0 radical (unpaired) electrons. The molecule has 0 nitrogen and oxygen atoms in total. The topological polar surface area (TPSA) is 0 Å². The Bertz CT molecular complexity index is 230. The van der Waals surface area contributed by atoms with E-state index in [1.807, 2.05) is 0 Å². The summed E-state index contributed by atoms with van der Waals surface area (Å²) in [6.07, 6.45) is 3.71. The predicted octanol–water partition coefficient (Wildman–Crippen LogP) is 5.98. The first-order valence-electron chi connectivity index (χ1n) is 8.60. The number of rotatable bonds is 20. The molecule has 24 heavy (non-hydrogen) atoms. The minimum absolute atomic E-state index is 0.813. The summed E-state index contributed by atoms with van der Waals surface area (Å²) in [4.78, 5) is 0. The molecule has 0 bridgehead atoms. The molecule has 0 aliphatic heterocycles. The highest BCUT2D eigenvalue weighted by molar-refractivity contribution is 8.06. The molecule has 0 fully saturated rings. The van der Waals surface area contributed by atoms with E-state index in [-0.39, 0.29) is 0 Å². The molecule has 0 heterocycles. The van der Waals surface area contributed by atoms with E-state index in [4.69, 9.17) is 0 Å². The fourth-order valence-corrected chi connectivity index (χ4v) is 8.96. The molecule has 0 saturated heterocycles. The third-order valence-corrected chi connectivity index (χ3v) is 10.5. The Labute approximate surface area is 188 Å². The lowest BCUT2D eigenvalue weighted by molar-refractivity contribution is 1.10. The van der Waals surface area contributed by atoms with Gasteiger partial charge in [-0.3, -0.25) is 0 Å². The Kier molecular flexibility index (Phi) is 26.6. The lowest BCUT2D eigenvalue weighted by Crippen LogP contribution is -2.13. The highest BCUT2D eigenvalue weighted by Crippen LogP contribution is 2.23. The molecule has 0 amide bonds. The zero-order chi connectivity index (χ0) is 17.7. The monoisotopic (exact) mass is 482 g/mol. The van der Waals surface area contributed by atoms with Crippen LogP contribution in [0.25, 0.3) is 0 Å². The minimum Gasteiger partial charge on any atom is -0.179 e. The van der Waals surface area contributed by atoms with Gasteiger partial charge in [-0.25, -0.2) is 0 Å². The van der Waals surface area contributed by atoms with Gasteiger partial charge in [0.05, 0.1) is 0 Å². The molecular formula is C16H34S8. The predicted molar refractivity (Wildman–Crippen MR) is 141 cm³/mol. The van der Waals surface area contributed by atoms with Crippen LogP contribution in [0.5, 0.6) is 0 Å². The second kappa shape index (κ2) is 23.8. The van der Waals surface area contributed by atoms with Crippen LogP contribution < -0.4 is 0 Å². The summed E-state index contributed by atoms with van der Waals surface area (Å²) in [5.74, 6) is 14.7. The average molecular weight is 483 g/mol. The van der Waals surface area contributed by atoms with Crippen molar-refractivity contribution in [3.8, 4) is 0 Å². The molecule has 0 spiro atoms. The fourth-order valence-electron chi connectivity index (χ4n) is 1.67. The minimum atomic E-state index is 0.813. The number of thioether (sulfide) groups is 5. The van der Waals surface area contributed by atoms with Crippen molar-refractivity contribution in [3.63, 3.8) is 0 Å². The smallest absolute Gasteiger partial charge is 0.0229 e. The van der Waals surface area contributed by atoms with Crippen LogP contribution >= 0.6 is 96.7 Å². The fraction of sp³-hybridized carbons (Fsp3) is 1.00. The quantitative estimate of drug-likeness (QED) is 0.144. The third kappa shape index (κ3) is 21.1. The zero-order valence-corrected chi connectivity index (χ0v) is 21.3. The maximum atomic E-state index is 4.31. The molecule has 0 aliphatic rings. The lowest BCUT2D eigenvalue weighted by Gasteiger charge is -2.16. The van der Waals surface area contributed by atoms with Gasteiger partial charge >= 0.3 is 0 Å². The molecule has 0 saturated carbocycles. The van der Waals surface area contributed by atoms with Crippen molar-refractivity contribution >= 4 is 96.7 Å². The molecule has 0 N–H and O–H groups in total. The first kappa shape index (κ1) is 26.8. The van der Waals surface area contributed by atoms with Crippen molar-refractivity contribution in [2.45, 2.75) is 24.5 Å². The molecule has 0 aromatic rings. The Morgan fingerprint density at radius 3 is 1.46 bits per heavy atom. The number of hydrogen-bond donors (Lipinski definition) is 3. The van der Waals surface area contributed by atoms with E-state index in [2.05, 4.69) is 96.7 Å². The van der Waals surface area contributed by atoms with E-state index in [0.717, 1.165) is 22.5 Å². The van der Waals surface area contributed by atoms with Crippen LogP contribution in [-0.2, 0) is 0 Å². The van der Waals surface area contributed by atoms with Gasteiger partial charge in [-0.1, -0.05) is 0 Å². The van der Waals surface area contributed by atoms with E-state index in [1.54, 1.807) is 0 Å². The first-order chi connectivity index (χ1) is 11.8. The van der Waals surface area contributed by atoms with Crippen molar-refractivity contribution < 1.29 is 0 Å². The van der Waals surface area contributed by atoms with Crippen molar-refractivity contribution in [1.82, 2.24) is 0 Å². The largest absolute Gasteiger partial charge is 0.179 e. The van der Waals surface area contributed by atoms with Gasteiger partial charge in [-0.2, -0.15) is 96.7 Å². The van der Waals surface area contributed by atoms with Gasteiger partial charge in [-0.05, 0) is 53.8 Å². The van der Waals surface area contributed by atoms with Crippen molar-refractivity contribution in [3.05, 3.63) is 0 Å². The molecule has 0 rings (SSSR count). The van der Waals surface area contributed by atoms with E-state index in [9.17, 15) is 0 Å². The first-order valence-corrected chi connectivity index (χ1v) is 16.2. The van der Waals surface area contributed by atoms with Crippen molar-refractivity contribution in [1.29, 1.82) is 0 Å². The molecule has 0 aromatic carbocycles. The van der Waals surface area contributed by atoms with Crippen LogP contribution in [0.1, 0.15) is 19.3 Å². The number of thiol groups is 3. The molecule has 0 aliphatic carbocycles. The summed E-state index contributed by atoms with van der Waals surface area (Å²) in [7, 11) is 0. The molecule has 1 atom stereocenters. The summed E-state index contributed by atoms with van der Waals surface area (Å²) < 4.78 is 0. The highest BCUT2D eigenvalue weighted by Gasteiger charge is 2.09. The Hall–Kier alpha value is 2.80. The van der Waals surface area contributed by atoms with Gasteiger partial charge in [-0.15, -0.1) is 0 Å². The van der Waals surface area contributed by atoms with Crippen LogP contribution in [0.3, 0.4) is 0 Å². The number of hydrogen-bond acceptors (Lipinski definition) is 8. The SMILES string of the molecule is SCCCSCCSCC(CSCCCS)SCCSCCCS. The Morgan fingerprint density at radius 1 is 0.500 bits per heavy atom. The van der Waals surface area contributed by atoms with Crippen LogP contribution in [0, 0.1) is 0 Å². The summed E-state index contributed by atoms with van der Waals surface area (Å²) in [6, 6.07) is 0. The summed E-state index contributed by atoms with van der Waals surface area (Å²) in [6.45, 7) is 0. The summed E-state index contributed by atoms with van der Waals surface area (Å²) in [5, 5.41) is 0.813. The standard InChI is InChI=1S/C16H34S8/c17-4-1-7-20-10-11-23-15-16(14-22-9-3-6-19)24-13-12-21-8-2-5-18/h16-19H,1-15H2. The van der Waals surface area contributed by atoms with Crippen LogP contribution in [-0.4, -0.2) is 74.3 Å². The van der Waals surface area contributed by atoms with Crippen molar-refractivity contribution in [2.24, 2.45) is 0 Å². The Morgan fingerprint density at radius 2 is 0.917 bits per heavy atom. The maximum Gasteiger partial charge on any atom is 0.0229 e. The van der Waals surface area contributed by atoms with Crippen LogP contribution in [0.2, 0.25) is 0 Å². The normalized spacial score (nSPS) is 12.6. The third-order valence-electron chi connectivity index (χ3n) is 2.90. The van der Waals surface area contributed by atoms with Gasteiger partial charge in [0.1, 0.15) is 0 Å². The summed E-state index contributed by atoms with van der Waals surface area (Å²) in [5.41, 5.74) is 0. The van der Waals surface area contributed by atoms with Gasteiger partial charge in [0, 0.05) is 39.8 Å². The van der Waals surface area contributed by atoms with E-state index >= 15 is 0 Å². The van der Waals surface area contributed by atoms with Gasteiger partial charge in [0.25, 0.3) is 0 Å². The summed E-state index contributed by atoms with van der Waals surface area (Å²) >= 11 is 23.5. The van der Waals surface area contributed by atoms with Gasteiger partial charge < -0.3 is 0 Å². The van der Waals surface area contributed by atoms with Crippen LogP contribution in [0.15, 0.2) is 0 Å². The molecule has 1 unspecified atom stereocenters. The lowest BCUT2D eigenvalue weighted by atomic mass is 10.5. The second-order valence-electron chi connectivity index (χ2n) is 5.10.